The van der Waals surface area contributed by atoms with Crippen LogP contribution in [0.1, 0.15) is 19.8 Å². The SMILES string of the molecule is COC(=O)C(C)(N)CCCOc1cc(OC)cc(OC)c1. The number of benzene rings is 1. The number of carbonyl (C=O) groups excluding carboxylic acids is 1. The smallest absolute Gasteiger partial charge is 0.325 e. The maximum atomic E-state index is 11.4. The van der Waals surface area contributed by atoms with E-state index in [0.717, 1.165) is 0 Å². The van der Waals surface area contributed by atoms with Gasteiger partial charge in [0.05, 0.1) is 27.9 Å². The van der Waals surface area contributed by atoms with E-state index in [0.29, 0.717) is 36.7 Å². The summed E-state index contributed by atoms with van der Waals surface area (Å²) >= 11 is 0. The van der Waals surface area contributed by atoms with Crippen LogP contribution in [-0.4, -0.2) is 39.4 Å². The molecule has 1 atom stereocenters. The number of nitrogens with two attached hydrogens (primary N) is 1. The van der Waals surface area contributed by atoms with E-state index in [9.17, 15) is 4.79 Å². The summed E-state index contributed by atoms with van der Waals surface area (Å²) in [6.45, 7) is 2.08. The van der Waals surface area contributed by atoms with Gasteiger partial charge in [-0.25, -0.2) is 0 Å². The molecule has 0 heterocycles. The van der Waals surface area contributed by atoms with Crippen LogP contribution >= 0.6 is 0 Å². The second kappa shape index (κ2) is 7.73. The van der Waals surface area contributed by atoms with Gasteiger partial charge < -0.3 is 24.7 Å². The van der Waals surface area contributed by atoms with Crippen LogP contribution in [0, 0.1) is 0 Å². The molecule has 0 spiro atoms. The Labute approximate surface area is 125 Å². The van der Waals surface area contributed by atoms with Crippen LogP contribution in [0.2, 0.25) is 0 Å². The van der Waals surface area contributed by atoms with Crippen molar-refractivity contribution >= 4 is 5.97 Å². The maximum Gasteiger partial charge on any atom is 0.325 e. The van der Waals surface area contributed by atoms with E-state index in [1.807, 2.05) is 0 Å². The average molecular weight is 297 g/mol. The molecule has 21 heavy (non-hydrogen) atoms. The Bertz CT molecular complexity index is 451. The number of carbonyl (C=O) groups is 1. The fourth-order valence-corrected chi connectivity index (χ4v) is 1.83. The normalized spacial score (nSPS) is 13.2. The van der Waals surface area contributed by atoms with Crippen LogP contribution in [-0.2, 0) is 9.53 Å². The molecule has 0 radical (unpaired) electrons. The van der Waals surface area contributed by atoms with Crippen molar-refractivity contribution in [2.45, 2.75) is 25.3 Å². The van der Waals surface area contributed by atoms with Crippen LogP contribution in [0.15, 0.2) is 18.2 Å². The summed E-state index contributed by atoms with van der Waals surface area (Å²) in [4.78, 5) is 11.4. The third-order valence-corrected chi connectivity index (χ3v) is 3.09. The van der Waals surface area contributed by atoms with Gasteiger partial charge >= 0.3 is 5.97 Å². The van der Waals surface area contributed by atoms with Crippen molar-refractivity contribution in [2.24, 2.45) is 5.73 Å². The first-order valence-corrected chi connectivity index (χ1v) is 6.66. The van der Waals surface area contributed by atoms with E-state index in [2.05, 4.69) is 4.74 Å². The van der Waals surface area contributed by atoms with Crippen molar-refractivity contribution < 1.29 is 23.7 Å². The van der Waals surface area contributed by atoms with Gasteiger partial charge in [-0.05, 0) is 19.8 Å². The number of rotatable bonds is 8. The van der Waals surface area contributed by atoms with Crippen LogP contribution in [0.5, 0.6) is 17.2 Å². The quantitative estimate of drug-likeness (QED) is 0.581. The predicted molar refractivity (Wildman–Crippen MR) is 78.9 cm³/mol. The number of methoxy groups -OCH3 is 3. The van der Waals surface area contributed by atoms with E-state index in [4.69, 9.17) is 19.9 Å². The first-order chi connectivity index (χ1) is 9.92. The fourth-order valence-electron chi connectivity index (χ4n) is 1.83. The van der Waals surface area contributed by atoms with Gasteiger partial charge in [-0.3, -0.25) is 4.79 Å². The summed E-state index contributed by atoms with van der Waals surface area (Å²) in [6.07, 6.45) is 1.10. The van der Waals surface area contributed by atoms with Crippen molar-refractivity contribution in [1.29, 1.82) is 0 Å². The highest BCUT2D eigenvalue weighted by Gasteiger charge is 2.28. The first-order valence-electron chi connectivity index (χ1n) is 6.66. The van der Waals surface area contributed by atoms with E-state index in [1.165, 1.54) is 7.11 Å². The summed E-state index contributed by atoms with van der Waals surface area (Å²) in [6, 6.07) is 5.30. The van der Waals surface area contributed by atoms with E-state index < -0.39 is 11.5 Å². The maximum absolute atomic E-state index is 11.4. The average Bonchev–Trinajstić information content (AvgIpc) is 2.50. The molecular formula is C15H23NO5. The molecule has 6 nitrogen and oxygen atoms in total. The molecule has 2 N–H and O–H groups in total. The fraction of sp³-hybridized carbons (Fsp3) is 0.533. The van der Waals surface area contributed by atoms with Gasteiger partial charge in [0.2, 0.25) is 0 Å². The monoisotopic (exact) mass is 297 g/mol. The van der Waals surface area contributed by atoms with Crippen LogP contribution in [0.25, 0.3) is 0 Å². The minimum Gasteiger partial charge on any atom is -0.496 e. The lowest BCUT2D eigenvalue weighted by molar-refractivity contribution is -0.146. The first kappa shape index (κ1) is 17.1. The number of esters is 1. The van der Waals surface area contributed by atoms with Gasteiger partial charge in [0.15, 0.2) is 0 Å². The van der Waals surface area contributed by atoms with Gasteiger partial charge in [-0.1, -0.05) is 0 Å². The van der Waals surface area contributed by atoms with Crippen molar-refractivity contribution in [2.75, 3.05) is 27.9 Å². The standard InChI is InChI=1S/C15H23NO5/c1-15(16,14(17)20-4)6-5-7-21-13-9-11(18-2)8-12(10-13)19-3/h8-10H,5-7,16H2,1-4H3. The molecule has 6 heteroatoms. The molecule has 118 valence electrons. The lowest BCUT2D eigenvalue weighted by Crippen LogP contribution is -2.45. The van der Waals surface area contributed by atoms with Crippen LogP contribution < -0.4 is 19.9 Å². The van der Waals surface area contributed by atoms with Gasteiger partial charge in [0, 0.05) is 18.2 Å². The van der Waals surface area contributed by atoms with Crippen molar-refractivity contribution in [3.8, 4) is 17.2 Å². The second-order valence-corrected chi connectivity index (χ2v) is 4.91. The van der Waals surface area contributed by atoms with E-state index in [-0.39, 0.29) is 0 Å². The topological polar surface area (TPSA) is 80.0 Å². The van der Waals surface area contributed by atoms with Gasteiger partial charge in [-0.2, -0.15) is 0 Å². The molecule has 0 aliphatic heterocycles. The van der Waals surface area contributed by atoms with Crippen LogP contribution in [0.3, 0.4) is 0 Å². The molecule has 1 rings (SSSR count). The zero-order valence-electron chi connectivity index (χ0n) is 13.0. The highest BCUT2D eigenvalue weighted by atomic mass is 16.5. The Hall–Kier alpha value is -1.95. The van der Waals surface area contributed by atoms with Gasteiger partial charge in [0.25, 0.3) is 0 Å². The largest absolute Gasteiger partial charge is 0.496 e. The highest BCUT2D eigenvalue weighted by Crippen LogP contribution is 2.27. The molecular weight excluding hydrogens is 274 g/mol. The molecule has 0 aliphatic carbocycles. The zero-order chi connectivity index (χ0) is 15.9. The minimum absolute atomic E-state index is 0.425. The molecule has 0 saturated heterocycles. The molecule has 1 unspecified atom stereocenters. The lowest BCUT2D eigenvalue weighted by atomic mass is 9.98. The van der Waals surface area contributed by atoms with E-state index in [1.54, 1.807) is 39.3 Å². The third-order valence-electron chi connectivity index (χ3n) is 3.09. The van der Waals surface area contributed by atoms with Crippen molar-refractivity contribution in [1.82, 2.24) is 0 Å². The molecule has 0 fully saturated rings. The molecule has 0 amide bonds. The van der Waals surface area contributed by atoms with Gasteiger partial charge in [0.1, 0.15) is 22.8 Å². The van der Waals surface area contributed by atoms with Crippen molar-refractivity contribution in [3.63, 3.8) is 0 Å². The van der Waals surface area contributed by atoms with E-state index >= 15 is 0 Å². The Morgan fingerprint density at radius 3 is 2.10 bits per heavy atom. The van der Waals surface area contributed by atoms with Gasteiger partial charge in [-0.15, -0.1) is 0 Å². The summed E-state index contributed by atoms with van der Waals surface area (Å²) in [5, 5.41) is 0. The summed E-state index contributed by atoms with van der Waals surface area (Å²) in [7, 11) is 4.48. The predicted octanol–water partition coefficient (Wildman–Crippen LogP) is 1.75. The molecule has 0 bridgehead atoms. The molecule has 1 aromatic rings. The summed E-state index contributed by atoms with van der Waals surface area (Å²) < 4.78 is 20.6. The van der Waals surface area contributed by atoms with Crippen molar-refractivity contribution in [3.05, 3.63) is 18.2 Å². The minimum atomic E-state index is -0.996. The number of hydrogen-bond acceptors (Lipinski definition) is 6. The summed E-state index contributed by atoms with van der Waals surface area (Å²) in [5.41, 5.74) is 4.88. The van der Waals surface area contributed by atoms with Crippen LogP contribution in [0.4, 0.5) is 0 Å². The highest BCUT2D eigenvalue weighted by molar-refractivity contribution is 5.79. The Kier molecular flexibility index (Phi) is 6.30. The summed E-state index contributed by atoms with van der Waals surface area (Å²) in [5.74, 6) is 1.53. The number of ether oxygens (including phenoxy) is 4. The lowest BCUT2D eigenvalue weighted by Gasteiger charge is -2.21. The Balaban J connectivity index is 2.51. The molecule has 0 aromatic heterocycles. The third kappa shape index (κ3) is 5.15. The molecule has 0 aliphatic rings. The number of hydrogen-bond donors (Lipinski definition) is 1. The Morgan fingerprint density at radius 1 is 1.10 bits per heavy atom. The second-order valence-electron chi connectivity index (χ2n) is 4.91. The zero-order valence-corrected chi connectivity index (χ0v) is 13.0. The molecule has 1 aromatic carbocycles. The molecule has 0 saturated carbocycles. The Morgan fingerprint density at radius 2 is 1.62 bits per heavy atom.